The van der Waals surface area contributed by atoms with Gasteiger partial charge in [-0.15, -0.1) is 12.4 Å². The molecular weight excluding hydrogens is 342 g/mol. The van der Waals surface area contributed by atoms with Crippen molar-refractivity contribution in [2.24, 2.45) is 29.4 Å². The second-order valence-electron chi connectivity index (χ2n) is 7.67. The summed E-state index contributed by atoms with van der Waals surface area (Å²) in [6.45, 7) is 2.70. The van der Waals surface area contributed by atoms with Gasteiger partial charge in [0.15, 0.2) is 0 Å². The van der Waals surface area contributed by atoms with Crippen molar-refractivity contribution in [3.8, 4) is 0 Å². The van der Waals surface area contributed by atoms with Crippen LogP contribution in [0.3, 0.4) is 0 Å². The summed E-state index contributed by atoms with van der Waals surface area (Å²) < 4.78 is 4.98. The molecule has 0 aromatic heterocycles. The number of likely N-dealkylation sites (tertiary alicyclic amines) is 1. The molecule has 0 aromatic rings. The number of hydrogen-bond donors (Lipinski definition) is 2. The number of piperidine rings is 1. The highest BCUT2D eigenvalue weighted by atomic mass is 35.5. The van der Waals surface area contributed by atoms with E-state index in [1.54, 1.807) is 7.11 Å². The number of ether oxygens (including phenoxy) is 1. The third kappa shape index (κ3) is 4.47. The first kappa shape index (κ1) is 20.5. The maximum absolute atomic E-state index is 12.9. The summed E-state index contributed by atoms with van der Waals surface area (Å²) in [4.78, 5) is 27.0. The highest BCUT2D eigenvalue weighted by Crippen LogP contribution is 2.48. The molecule has 4 atom stereocenters. The maximum atomic E-state index is 12.9. The van der Waals surface area contributed by atoms with Crippen LogP contribution in [0.5, 0.6) is 0 Å². The predicted octanol–water partition coefficient (Wildman–Crippen LogP) is 1.17. The Morgan fingerprint density at radius 2 is 1.84 bits per heavy atom. The molecule has 2 bridgehead atoms. The van der Waals surface area contributed by atoms with Gasteiger partial charge in [-0.25, -0.2) is 0 Å². The Bertz CT molecular complexity index is 466. The Hall–Kier alpha value is -0.850. The van der Waals surface area contributed by atoms with Crippen LogP contribution in [0.4, 0.5) is 0 Å². The van der Waals surface area contributed by atoms with E-state index >= 15 is 0 Å². The molecular formula is C18H32ClN3O3. The SMILES string of the molecule is COCCCNC(=O)C1CCN(C(=O)C2C3CCC(C3)C2N)CC1.Cl. The highest BCUT2D eigenvalue weighted by molar-refractivity contribution is 5.85. The van der Waals surface area contributed by atoms with E-state index in [1.165, 1.54) is 6.42 Å². The third-order valence-corrected chi connectivity index (χ3v) is 6.27. The van der Waals surface area contributed by atoms with E-state index < -0.39 is 0 Å². The fourth-order valence-corrected chi connectivity index (χ4v) is 4.85. The third-order valence-electron chi connectivity index (χ3n) is 6.27. The van der Waals surface area contributed by atoms with Crippen LogP contribution in [0.2, 0.25) is 0 Å². The smallest absolute Gasteiger partial charge is 0.227 e. The molecule has 25 heavy (non-hydrogen) atoms. The van der Waals surface area contributed by atoms with Gasteiger partial charge >= 0.3 is 0 Å². The number of rotatable bonds is 6. The number of hydrogen-bond acceptors (Lipinski definition) is 4. The zero-order valence-corrected chi connectivity index (χ0v) is 15.9. The van der Waals surface area contributed by atoms with Crippen LogP contribution in [0.25, 0.3) is 0 Å². The van der Waals surface area contributed by atoms with Gasteiger partial charge in [-0.05, 0) is 50.4 Å². The number of nitrogens with zero attached hydrogens (tertiary/aromatic N) is 1. The van der Waals surface area contributed by atoms with E-state index in [9.17, 15) is 9.59 Å². The molecule has 1 saturated heterocycles. The van der Waals surface area contributed by atoms with Crippen molar-refractivity contribution in [1.82, 2.24) is 10.2 Å². The van der Waals surface area contributed by atoms with Crippen LogP contribution in [0.1, 0.15) is 38.5 Å². The van der Waals surface area contributed by atoms with Crippen LogP contribution < -0.4 is 11.1 Å². The van der Waals surface area contributed by atoms with Gasteiger partial charge < -0.3 is 20.7 Å². The van der Waals surface area contributed by atoms with Gasteiger partial charge in [0.1, 0.15) is 0 Å². The van der Waals surface area contributed by atoms with E-state index in [2.05, 4.69) is 5.32 Å². The molecule has 0 radical (unpaired) electrons. The Labute approximate surface area is 156 Å². The van der Waals surface area contributed by atoms with E-state index in [0.717, 1.165) is 32.1 Å². The molecule has 2 saturated carbocycles. The first-order valence-electron chi connectivity index (χ1n) is 9.42. The molecule has 4 unspecified atom stereocenters. The molecule has 3 aliphatic rings. The molecule has 3 N–H and O–H groups in total. The molecule has 3 fully saturated rings. The molecule has 2 aliphatic carbocycles. The lowest BCUT2D eigenvalue weighted by Gasteiger charge is -2.36. The summed E-state index contributed by atoms with van der Waals surface area (Å²) in [6.07, 6.45) is 5.85. The van der Waals surface area contributed by atoms with E-state index in [4.69, 9.17) is 10.5 Å². The lowest BCUT2D eigenvalue weighted by molar-refractivity contribution is -0.141. The monoisotopic (exact) mass is 373 g/mol. The van der Waals surface area contributed by atoms with Crippen molar-refractivity contribution in [2.45, 2.75) is 44.6 Å². The maximum Gasteiger partial charge on any atom is 0.227 e. The van der Waals surface area contributed by atoms with E-state index in [1.807, 2.05) is 4.90 Å². The van der Waals surface area contributed by atoms with E-state index in [0.29, 0.717) is 38.1 Å². The van der Waals surface area contributed by atoms with Gasteiger partial charge in [0.05, 0.1) is 5.92 Å². The number of halogens is 1. The number of methoxy groups -OCH3 is 1. The first-order valence-corrected chi connectivity index (χ1v) is 9.42. The number of amides is 2. The van der Waals surface area contributed by atoms with E-state index in [-0.39, 0.29) is 42.1 Å². The average molecular weight is 374 g/mol. The zero-order chi connectivity index (χ0) is 17.1. The molecule has 0 aromatic carbocycles. The standard InChI is InChI=1S/C18H31N3O3.ClH/c1-24-10-2-7-20-17(22)12-5-8-21(9-6-12)18(23)15-13-3-4-14(11-13)16(15)19;/h12-16H,2-11,19H2,1H3,(H,20,22);1H. The number of carbonyl (C=O) groups excluding carboxylic acids is 2. The van der Waals surface area contributed by atoms with Crippen LogP contribution >= 0.6 is 12.4 Å². The summed E-state index contributed by atoms with van der Waals surface area (Å²) >= 11 is 0. The van der Waals surface area contributed by atoms with Crippen molar-refractivity contribution in [2.75, 3.05) is 33.4 Å². The fourth-order valence-electron chi connectivity index (χ4n) is 4.85. The fraction of sp³-hybridized carbons (Fsp3) is 0.889. The van der Waals surface area contributed by atoms with Crippen molar-refractivity contribution >= 4 is 24.2 Å². The average Bonchev–Trinajstić information content (AvgIpc) is 3.19. The Kier molecular flexibility index (Phi) is 7.52. The minimum atomic E-state index is 0. The Balaban J connectivity index is 0.00000225. The molecule has 2 amide bonds. The summed E-state index contributed by atoms with van der Waals surface area (Å²) in [5.41, 5.74) is 6.30. The molecule has 3 rings (SSSR count). The van der Waals surface area contributed by atoms with Gasteiger partial charge in [-0.1, -0.05) is 0 Å². The minimum Gasteiger partial charge on any atom is -0.385 e. The quantitative estimate of drug-likeness (QED) is 0.684. The van der Waals surface area contributed by atoms with Gasteiger partial charge in [0, 0.05) is 45.3 Å². The molecule has 1 heterocycles. The summed E-state index contributed by atoms with van der Waals surface area (Å²) in [6, 6.07) is 0.0538. The molecule has 144 valence electrons. The topological polar surface area (TPSA) is 84.7 Å². The highest BCUT2D eigenvalue weighted by Gasteiger charge is 2.50. The Morgan fingerprint density at radius 3 is 2.44 bits per heavy atom. The second-order valence-corrected chi connectivity index (χ2v) is 7.67. The van der Waals surface area contributed by atoms with Gasteiger partial charge in [-0.3, -0.25) is 9.59 Å². The minimum absolute atomic E-state index is 0. The normalized spacial score (nSPS) is 31.7. The lowest BCUT2D eigenvalue weighted by Crippen LogP contribution is -2.50. The van der Waals surface area contributed by atoms with Crippen LogP contribution in [0.15, 0.2) is 0 Å². The molecule has 0 spiro atoms. The van der Waals surface area contributed by atoms with Gasteiger partial charge in [-0.2, -0.15) is 0 Å². The molecule has 1 aliphatic heterocycles. The van der Waals surface area contributed by atoms with Crippen molar-refractivity contribution < 1.29 is 14.3 Å². The summed E-state index contributed by atoms with van der Waals surface area (Å²) in [5, 5.41) is 2.97. The number of carbonyl (C=O) groups is 2. The number of fused-ring (bicyclic) bond motifs is 2. The second kappa shape index (κ2) is 9.19. The zero-order valence-electron chi connectivity index (χ0n) is 15.1. The molecule has 6 nitrogen and oxygen atoms in total. The van der Waals surface area contributed by atoms with Crippen LogP contribution in [-0.2, 0) is 14.3 Å². The van der Waals surface area contributed by atoms with Crippen molar-refractivity contribution in [3.63, 3.8) is 0 Å². The Morgan fingerprint density at radius 1 is 1.16 bits per heavy atom. The number of nitrogens with two attached hydrogens (primary N) is 1. The number of nitrogens with one attached hydrogen (secondary N) is 1. The summed E-state index contributed by atoms with van der Waals surface area (Å²) in [7, 11) is 1.66. The molecule has 7 heteroatoms. The summed E-state index contributed by atoms with van der Waals surface area (Å²) in [5.74, 6) is 1.48. The lowest BCUT2D eigenvalue weighted by atomic mass is 9.83. The largest absolute Gasteiger partial charge is 0.385 e. The van der Waals surface area contributed by atoms with Crippen molar-refractivity contribution in [1.29, 1.82) is 0 Å². The van der Waals surface area contributed by atoms with Crippen LogP contribution in [0, 0.1) is 23.7 Å². The predicted molar refractivity (Wildman–Crippen MR) is 98.4 cm³/mol. The van der Waals surface area contributed by atoms with Crippen molar-refractivity contribution in [3.05, 3.63) is 0 Å². The van der Waals surface area contributed by atoms with Gasteiger partial charge in [0.25, 0.3) is 0 Å². The van der Waals surface area contributed by atoms with Gasteiger partial charge in [0.2, 0.25) is 11.8 Å². The first-order chi connectivity index (χ1) is 11.6. The van der Waals surface area contributed by atoms with Crippen LogP contribution in [-0.4, -0.2) is 56.1 Å².